The molecule has 1 fully saturated rings. The first-order valence-corrected chi connectivity index (χ1v) is 9.86. The smallest absolute Gasteiger partial charge is 0.336 e. The summed E-state index contributed by atoms with van der Waals surface area (Å²) in [5.74, 6) is 0.721. The van der Waals surface area contributed by atoms with Crippen molar-refractivity contribution in [2.45, 2.75) is 6.92 Å². The van der Waals surface area contributed by atoms with Crippen molar-refractivity contribution in [3.8, 4) is 5.75 Å². The van der Waals surface area contributed by atoms with E-state index < -0.39 is 0 Å². The van der Waals surface area contributed by atoms with Crippen LogP contribution in [0.15, 0.2) is 57.7 Å². The van der Waals surface area contributed by atoms with Crippen molar-refractivity contribution in [3.63, 3.8) is 0 Å². The van der Waals surface area contributed by atoms with E-state index >= 15 is 0 Å². The van der Waals surface area contributed by atoms with Crippen LogP contribution >= 0.6 is 11.6 Å². The summed E-state index contributed by atoms with van der Waals surface area (Å²) in [6.45, 7) is 7.28. The molecule has 1 aliphatic rings. The highest BCUT2D eigenvalue weighted by molar-refractivity contribution is 6.30. The van der Waals surface area contributed by atoms with Crippen molar-refractivity contribution in [2.24, 2.45) is 0 Å². The van der Waals surface area contributed by atoms with E-state index in [2.05, 4.69) is 15.9 Å². The summed E-state index contributed by atoms with van der Waals surface area (Å²) in [7, 11) is 0. The van der Waals surface area contributed by atoms with Crippen LogP contribution in [0.1, 0.15) is 5.56 Å². The number of piperazine rings is 1. The fraction of sp³-hybridized carbons (Fsp3) is 0.318. The summed E-state index contributed by atoms with van der Waals surface area (Å²) in [5, 5.41) is 1.71. The minimum Gasteiger partial charge on any atom is -0.492 e. The first-order valence-electron chi connectivity index (χ1n) is 9.49. The van der Waals surface area contributed by atoms with Crippen LogP contribution in [0.2, 0.25) is 5.02 Å². The number of hydrogen-bond donors (Lipinski definition) is 0. The van der Waals surface area contributed by atoms with Gasteiger partial charge in [-0.3, -0.25) is 4.90 Å². The number of rotatable bonds is 5. The van der Waals surface area contributed by atoms with Gasteiger partial charge in [0.05, 0.1) is 0 Å². The Labute approximate surface area is 169 Å². The molecule has 1 saturated heterocycles. The molecule has 5 nitrogen and oxygen atoms in total. The molecule has 1 aromatic heterocycles. The predicted octanol–water partition coefficient (Wildman–Crippen LogP) is 3.96. The molecule has 2 heterocycles. The van der Waals surface area contributed by atoms with E-state index in [9.17, 15) is 4.79 Å². The largest absolute Gasteiger partial charge is 0.492 e. The average molecular weight is 399 g/mol. The van der Waals surface area contributed by atoms with Gasteiger partial charge in [0.1, 0.15) is 17.9 Å². The predicted molar refractivity (Wildman–Crippen MR) is 113 cm³/mol. The number of halogens is 1. The van der Waals surface area contributed by atoms with E-state index in [-0.39, 0.29) is 5.63 Å². The quantitative estimate of drug-likeness (QED) is 0.609. The second kappa shape index (κ2) is 8.25. The van der Waals surface area contributed by atoms with E-state index in [0.29, 0.717) is 12.2 Å². The second-order valence-corrected chi connectivity index (χ2v) is 7.50. The molecule has 0 unspecified atom stereocenters. The highest BCUT2D eigenvalue weighted by Gasteiger charge is 2.17. The lowest BCUT2D eigenvalue weighted by Gasteiger charge is -2.36. The fourth-order valence-electron chi connectivity index (χ4n) is 3.59. The third-order valence-corrected chi connectivity index (χ3v) is 5.38. The van der Waals surface area contributed by atoms with E-state index in [1.807, 2.05) is 37.3 Å². The summed E-state index contributed by atoms with van der Waals surface area (Å²) in [6.07, 6.45) is 0. The molecule has 0 radical (unpaired) electrons. The molecule has 0 bridgehead atoms. The van der Waals surface area contributed by atoms with Crippen LogP contribution in [0, 0.1) is 6.92 Å². The molecule has 28 heavy (non-hydrogen) atoms. The maximum absolute atomic E-state index is 11.6. The molecule has 6 heteroatoms. The van der Waals surface area contributed by atoms with Crippen LogP contribution in [0.4, 0.5) is 5.69 Å². The van der Waals surface area contributed by atoms with Gasteiger partial charge in [0.2, 0.25) is 0 Å². The molecule has 0 spiro atoms. The van der Waals surface area contributed by atoms with Crippen LogP contribution in [0.5, 0.6) is 5.75 Å². The zero-order chi connectivity index (χ0) is 19.5. The molecule has 2 aromatic carbocycles. The van der Waals surface area contributed by atoms with Crippen molar-refractivity contribution in [1.29, 1.82) is 0 Å². The summed E-state index contributed by atoms with van der Waals surface area (Å²) in [4.78, 5) is 16.3. The van der Waals surface area contributed by atoms with Crippen molar-refractivity contribution in [3.05, 3.63) is 69.5 Å². The minimum atomic E-state index is -0.334. The van der Waals surface area contributed by atoms with Gasteiger partial charge in [-0.25, -0.2) is 4.79 Å². The zero-order valence-corrected chi connectivity index (χ0v) is 16.6. The Morgan fingerprint density at radius 2 is 1.89 bits per heavy atom. The Balaban J connectivity index is 1.29. The topological polar surface area (TPSA) is 45.9 Å². The Morgan fingerprint density at radius 3 is 2.68 bits per heavy atom. The molecule has 3 aromatic rings. The Hall–Kier alpha value is -2.50. The molecule has 1 aliphatic heterocycles. The van der Waals surface area contributed by atoms with Gasteiger partial charge in [0.15, 0.2) is 0 Å². The van der Waals surface area contributed by atoms with Crippen molar-refractivity contribution < 1.29 is 9.15 Å². The molecule has 4 rings (SSSR count). The van der Waals surface area contributed by atoms with Crippen LogP contribution in [-0.2, 0) is 0 Å². The Kier molecular flexibility index (Phi) is 5.55. The van der Waals surface area contributed by atoms with E-state index in [0.717, 1.165) is 54.4 Å². The van der Waals surface area contributed by atoms with Crippen molar-refractivity contribution >= 4 is 28.3 Å². The van der Waals surface area contributed by atoms with Gasteiger partial charge in [-0.15, -0.1) is 0 Å². The molecular weight excluding hydrogens is 376 g/mol. The minimum absolute atomic E-state index is 0.334. The van der Waals surface area contributed by atoms with Crippen LogP contribution in [-0.4, -0.2) is 44.2 Å². The molecule has 0 N–H and O–H groups in total. The summed E-state index contributed by atoms with van der Waals surface area (Å²) in [6, 6.07) is 15.2. The SMILES string of the molecule is Cc1cc(=O)oc2cc(OCCN3CCN(c4cccc(Cl)c4)CC3)ccc12. The van der Waals surface area contributed by atoms with Crippen LogP contribution < -0.4 is 15.3 Å². The molecule has 146 valence electrons. The number of aryl methyl sites for hydroxylation is 1. The van der Waals surface area contributed by atoms with Gasteiger partial charge >= 0.3 is 5.63 Å². The number of ether oxygens (including phenoxy) is 1. The summed E-state index contributed by atoms with van der Waals surface area (Å²) < 4.78 is 11.2. The number of nitrogens with zero attached hydrogens (tertiary/aromatic N) is 2. The maximum Gasteiger partial charge on any atom is 0.336 e. The molecule has 0 amide bonds. The molecule has 0 atom stereocenters. The lowest BCUT2D eigenvalue weighted by molar-refractivity contribution is 0.200. The van der Waals surface area contributed by atoms with Gasteiger partial charge < -0.3 is 14.1 Å². The van der Waals surface area contributed by atoms with E-state index in [1.165, 1.54) is 11.8 Å². The monoisotopic (exact) mass is 398 g/mol. The third-order valence-electron chi connectivity index (χ3n) is 5.14. The number of benzene rings is 2. The van der Waals surface area contributed by atoms with Gasteiger partial charge in [0.25, 0.3) is 0 Å². The van der Waals surface area contributed by atoms with Crippen molar-refractivity contribution in [2.75, 3.05) is 44.2 Å². The van der Waals surface area contributed by atoms with Gasteiger partial charge in [-0.05, 0) is 42.8 Å². The zero-order valence-electron chi connectivity index (χ0n) is 15.9. The lowest BCUT2D eigenvalue weighted by Crippen LogP contribution is -2.47. The molecule has 0 aliphatic carbocycles. The third kappa shape index (κ3) is 4.32. The number of fused-ring (bicyclic) bond motifs is 1. The first kappa shape index (κ1) is 18.8. The van der Waals surface area contributed by atoms with Crippen molar-refractivity contribution in [1.82, 2.24) is 4.90 Å². The van der Waals surface area contributed by atoms with Crippen LogP contribution in [0.3, 0.4) is 0 Å². The maximum atomic E-state index is 11.6. The van der Waals surface area contributed by atoms with E-state index in [1.54, 1.807) is 6.07 Å². The van der Waals surface area contributed by atoms with Gasteiger partial charge in [-0.1, -0.05) is 17.7 Å². The molecular formula is C22H23ClN2O3. The highest BCUT2D eigenvalue weighted by Crippen LogP contribution is 2.23. The summed E-state index contributed by atoms with van der Waals surface area (Å²) >= 11 is 6.10. The normalized spacial score (nSPS) is 15.1. The first-order chi connectivity index (χ1) is 13.6. The highest BCUT2D eigenvalue weighted by atomic mass is 35.5. The standard InChI is InChI=1S/C22H23ClN2O3/c1-16-13-22(26)28-21-15-19(5-6-20(16)21)27-12-11-24-7-9-25(10-8-24)18-4-2-3-17(23)14-18/h2-6,13-15H,7-12H2,1H3. The van der Waals surface area contributed by atoms with Gasteiger partial charge in [0, 0.05) is 61.0 Å². The Morgan fingerprint density at radius 1 is 1.07 bits per heavy atom. The number of anilines is 1. The fourth-order valence-corrected chi connectivity index (χ4v) is 3.77. The van der Waals surface area contributed by atoms with Gasteiger partial charge in [-0.2, -0.15) is 0 Å². The van der Waals surface area contributed by atoms with E-state index in [4.69, 9.17) is 20.8 Å². The molecule has 0 saturated carbocycles. The number of hydrogen-bond acceptors (Lipinski definition) is 5. The second-order valence-electron chi connectivity index (χ2n) is 7.06. The lowest BCUT2D eigenvalue weighted by atomic mass is 10.1. The van der Waals surface area contributed by atoms with Crippen LogP contribution in [0.25, 0.3) is 11.0 Å². The Bertz CT molecular complexity index is 1030. The summed E-state index contributed by atoms with van der Waals surface area (Å²) in [5.41, 5.74) is 2.32. The average Bonchev–Trinajstić information content (AvgIpc) is 2.68.